The second-order valence-electron chi connectivity index (χ2n) is 6.10. The average molecular weight is 236 g/mol. The number of hydrogen-bond donors (Lipinski definition) is 1. The Balaban J connectivity index is 1.57. The van der Waals surface area contributed by atoms with Crippen LogP contribution in [-0.4, -0.2) is 36.3 Å². The van der Waals surface area contributed by atoms with Gasteiger partial charge in [-0.05, 0) is 30.6 Å². The van der Waals surface area contributed by atoms with Crippen molar-refractivity contribution in [3.05, 3.63) is 0 Å². The monoisotopic (exact) mass is 236 g/mol. The molecule has 2 atom stereocenters. The lowest BCUT2D eigenvalue weighted by Crippen LogP contribution is -2.44. The van der Waals surface area contributed by atoms with Gasteiger partial charge in [-0.1, -0.05) is 6.92 Å². The normalized spacial score (nSPS) is 34.9. The second kappa shape index (κ2) is 3.72. The molecule has 4 nitrogen and oxygen atoms in total. The molecule has 1 aliphatic carbocycles. The number of likely N-dealkylation sites (tertiary alicyclic amines) is 1. The van der Waals surface area contributed by atoms with Crippen molar-refractivity contribution in [2.45, 2.75) is 32.6 Å². The highest BCUT2D eigenvalue weighted by Crippen LogP contribution is 2.42. The predicted octanol–water partition coefficient (Wildman–Crippen LogP) is 0.771. The molecule has 3 aliphatic rings. The van der Waals surface area contributed by atoms with E-state index in [1.807, 2.05) is 4.90 Å². The molecule has 2 aliphatic heterocycles. The van der Waals surface area contributed by atoms with Gasteiger partial charge in [0.2, 0.25) is 11.8 Å². The largest absolute Gasteiger partial charge is 0.356 e. The van der Waals surface area contributed by atoms with Crippen LogP contribution < -0.4 is 5.32 Å². The lowest BCUT2D eigenvalue weighted by Gasteiger charge is -2.38. The van der Waals surface area contributed by atoms with E-state index in [-0.39, 0.29) is 11.3 Å². The van der Waals surface area contributed by atoms with Crippen LogP contribution in [0.2, 0.25) is 0 Å². The Morgan fingerprint density at radius 3 is 2.53 bits per heavy atom. The second-order valence-corrected chi connectivity index (χ2v) is 6.10. The first-order valence-electron chi connectivity index (χ1n) is 6.65. The first kappa shape index (κ1) is 11.1. The first-order valence-corrected chi connectivity index (χ1v) is 6.65. The molecule has 4 heteroatoms. The molecule has 1 spiro atoms. The van der Waals surface area contributed by atoms with Crippen LogP contribution in [0, 0.1) is 17.3 Å². The maximum atomic E-state index is 12.1. The molecule has 2 amide bonds. The molecule has 3 fully saturated rings. The van der Waals surface area contributed by atoms with Crippen LogP contribution in [0.25, 0.3) is 0 Å². The number of carbonyl (C=O) groups excluding carboxylic acids is 2. The molecule has 2 heterocycles. The fraction of sp³-hybridized carbons (Fsp3) is 0.846. The third kappa shape index (κ3) is 1.94. The van der Waals surface area contributed by atoms with Crippen molar-refractivity contribution < 1.29 is 9.59 Å². The number of piperidine rings is 1. The number of amides is 2. The molecule has 0 radical (unpaired) electrons. The average Bonchev–Trinajstić information content (AvgIpc) is 2.94. The van der Waals surface area contributed by atoms with Crippen molar-refractivity contribution in [3.63, 3.8) is 0 Å². The summed E-state index contributed by atoms with van der Waals surface area (Å²) in [5.41, 5.74) is 0.156. The Morgan fingerprint density at radius 1 is 1.41 bits per heavy atom. The van der Waals surface area contributed by atoms with E-state index in [4.69, 9.17) is 0 Å². The number of nitrogens with zero attached hydrogens (tertiary/aromatic N) is 1. The molecule has 17 heavy (non-hydrogen) atoms. The molecule has 2 saturated heterocycles. The van der Waals surface area contributed by atoms with Gasteiger partial charge in [0, 0.05) is 32.0 Å². The highest BCUT2D eigenvalue weighted by molar-refractivity contribution is 5.82. The van der Waals surface area contributed by atoms with Crippen LogP contribution in [0.3, 0.4) is 0 Å². The minimum absolute atomic E-state index is 0.156. The molecule has 0 aromatic heterocycles. The summed E-state index contributed by atoms with van der Waals surface area (Å²) >= 11 is 0. The van der Waals surface area contributed by atoms with Crippen molar-refractivity contribution in [2.75, 3.05) is 19.6 Å². The fourth-order valence-electron chi connectivity index (χ4n) is 3.21. The Hall–Kier alpha value is -1.06. The van der Waals surface area contributed by atoms with Crippen LogP contribution in [0.5, 0.6) is 0 Å². The third-order valence-corrected chi connectivity index (χ3v) is 4.76. The molecule has 0 unspecified atom stereocenters. The summed E-state index contributed by atoms with van der Waals surface area (Å²) in [6.07, 6.45) is 3.70. The van der Waals surface area contributed by atoms with Crippen molar-refractivity contribution in [1.29, 1.82) is 0 Å². The molecule has 94 valence electrons. The van der Waals surface area contributed by atoms with Gasteiger partial charge < -0.3 is 10.2 Å². The van der Waals surface area contributed by atoms with Crippen LogP contribution in [0.15, 0.2) is 0 Å². The summed E-state index contributed by atoms with van der Waals surface area (Å²) in [7, 11) is 0. The topological polar surface area (TPSA) is 49.4 Å². The molecular weight excluding hydrogens is 216 g/mol. The zero-order valence-electron chi connectivity index (χ0n) is 10.4. The zero-order chi connectivity index (χ0) is 12.0. The number of hydrogen-bond acceptors (Lipinski definition) is 2. The number of carbonyl (C=O) groups is 2. The Morgan fingerprint density at radius 2 is 2.06 bits per heavy atom. The Kier molecular flexibility index (Phi) is 2.42. The highest BCUT2D eigenvalue weighted by Gasteiger charge is 2.45. The quantitative estimate of drug-likeness (QED) is 0.731. The van der Waals surface area contributed by atoms with Gasteiger partial charge in [-0.2, -0.15) is 0 Å². The van der Waals surface area contributed by atoms with E-state index < -0.39 is 0 Å². The Labute approximate surface area is 102 Å². The molecule has 0 aromatic rings. The molecule has 3 rings (SSSR count). The smallest absolute Gasteiger partial charge is 0.225 e. The van der Waals surface area contributed by atoms with E-state index >= 15 is 0 Å². The van der Waals surface area contributed by atoms with Crippen molar-refractivity contribution >= 4 is 11.8 Å². The lowest BCUT2D eigenvalue weighted by atomic mass is 9.77. The van der Waals surface area contributed by atoms with Gasteiger partial charge in [0.15, 0.2) is 0 Å². The van der Waals surface area contributed by atoms with Crippen molar-refractivity contribution in [1.82, 2.24) is 10.2 Å². The van der Waals surface area contributed by atoms with Crippen LogP contribution in [-0.2, 0) is 9.59 Å². The minimum atomic E-state index is 0.156. The van der Waals surface area contributed by atoms with Gasteiger partial charge in [-0.3, -0.25) is 9.59 Å². The van der Waals surface area contributed by atoms with Gasteiger partial charge in [-0.15, -0.1) is 0 Å². The van der Waals surface area contributed by atoms with Crippen molar-refractivity contribution in [3.8, 4) is 0 Å². The van der Waals surface area contributed by atoms with Crippen LogP contribution in [0.4, 0.5) is 0 Å². The predicted molar refractivity (Wildman–Crippen MR) is 63.1 cm³/mol. The van der Waals surface area contributed by atoms with E-state index in [0.29, 0.717) is 24.2 Å². The summed E-state index contributed by atoms with van der Waals surface area (Å²) in [6.45, 7) is 4.65. The summed E-state index contributed by atoms with van der Waals surface area (Å²) < 4.78 is 0. The highest BCUT2D eigenvalue weighted by atomic mass is 16.2. The van der Waals surface area contributed by atoms with Crippen molar-refractivity contribution in [2.24, 2.45) is 17.3 Å². The van der Waals surface area contributed by atoms with E-state index in [0.717, 1.165) is 38.9 Å². The number of rotatable bonds is 1. The summed E-state index contributed by atoms with van der Waals surface area (Å²) in [5.74, 6) is 1.42. The van der Waals surface area contributed by atoms with Gasteiger partial charge in [-0.25, -0.2) is 0 Å². The van der Waals surface area contributed by atoms with Gasteiger partial charge >= 0.3 is 0 Å². The van der Waals surface area contributed by atoms with E-state index in [1.165, 1.54) is 0 Å². The van der Waals surface area contributed by atoms with E-state index in [1.54, 1.807) is 0 Å². The fourth-order valence-corrected chi connectivity index (χ4v) is 3.21. The molecular formula is C13H20N2O2. The SMILES string of the molecule is C[C@H]1C[C@@H]1C(=O)N1CCC2(CC1)CNC(=O)C2. The van der Waals surface area contributed by atoms with Gasteiger partial charge in [0.25, 0.3) is 0 Å². The molecule has 0 aromatic carbocycles. The molecule has 0 bridgehead atoms. The first-order chi connectivity index (χ1) is 8.10. The lowest BCUT2D eigenvalue weighted by molar-refractivity contribution is -0.135. The summed E-state index contributed by atoms with van der Waals surface area (Å²) in [4.78, 5) is 25.4. The molecule has 1 saturated carbocycles. The van der Waals surface area contributed by atoms with Gasteiger partial charge in [0.1, 0.15) is 0 Å². The Bertz CT molecular complexity index is 358. The standard InChI is InChI=1S/C13H20N2O2/c1-9-6-10(9)12(17)15-4-2-13(3-5-15)7-11(16)14-8-13/h9-10H,2-8H2,1H3,(H,14,16)/t9-,10-/m0/s1. The third-order valence-electron chi connectivity index (χ3n) is 4.76. The van der Waals surface area contributed by atoms with E-state index in [2.05, 4.69) is 12.2 Å². The van der Waals surface area contributed by atoms with Gasteiger partial charge in [0.05, 0.1) is 0 Å². The maximum Gasteiger partial charge on any atom is 0.225 e. The maximum absolute atomic E-state index is 12.1. The molecule has 1 N–H and O–H groups in total. The number of nitrogens with one attached hydrogen (secondary N) is 1. The zero-order valence-corrected chi connectivity index (χ0v) is 10.4. The van der Waals surface area contributed by atoms with Crippen LogP contribution >= 0.6 is 0 Å². The summed E-state index contributed by atoms with van der Waals surface area (Å²) in [5, 5.41) is 2.92. The van der Waals surface area contributed by atoms with E-state index in [9.17, 15) is 9.59 Å². The van der Waals surface area contributed by atoms with Crippen LogP contribution in [0.1, 0.15) is 32.6 Å². The summed E-state index contributed by atoms with van der Waals surface area (Å²) in [6, 6.07) is 0. The minimum Gasteiger partial charge on any atom is -0.356 e.